The van der Waals surface area contributed by atoms with E-state index in [0.29, 0.717) is 30.0 Å². The number of aryl methyl sites for hydroxylation is 1. The average molecular weight is 381 g/mol. The molecule has 0 amide bonds. The molecule has 1 fully saturated rings. The van der Waals surface area contributed by atoms with Gasteiger partial charge in [0.1, 0.15) is 35.3 Å². The highest BCUT2D eigenvalue weighted by molar-refractivity contribution is 5.66. The average Bonchev–Trinajstić information content (AvgIpc) is 3.49. The normalized spacial score (nSPS) is 13.2. The van der Waals surface area contributed by atoms with Gasteiger partial charge < -0.3 is 24.7 Å². The van der Waals surface area contributed by atoms with Gasteiger partial charge in [-0.05, 0) is 31.9 Å². The van der Waals surface area contributed by atoms with Gasteiger partial charge in [-0.15, -0.1) is 10.2 Å². The fourth-order valence-corrected chi connectivity index (χ4v) is 3.07. The van der Waals surface area contributed by atoms with Crippen molar-refractivity contribution in [2.24, 2.45) is 0 Å². The van der Waals surface area contributed by atoms with Gasteiger partial charge in [0, 0.05) is 18.2 Å². The van der Waals surface area contributed by atoms with Gasteiger partial charge in [0.2, 0.25) is 0 Å². The van der Waals surface area contributed by atoms with Gasteiger partial charge in [-0.3, -0.25) is 0 Å². The third kappa shape index (κ3) is 3.83. The molecule has 2 heterocycles. The van der Waals surface area contributed by atoms with Crippen molar-refractivity contribution in [2.75, 3.05) is 24.9 Å². The number of aromatic nitrogens is 5. The van der Waals surface area contributed by atoms with Crippen LogP contribution >= 0.6 is 0 Å². The minimum atomic E-state index is 0.539. The third-order valence-electron chi connectivity index (χ3n) is 4.62. The lowest BCUT2D eigenvalue weighted by molar-refractivity contribution is 0.395. The van der Waals surface area contributed by atoms with Crippen LogP contribution in [0.15, 0.2) is 30.6 Å². The Labute approximate surface area is 163 Å². The second-order valence-electron chi connectivity index (χ2n) is 6.60. The summed E-state index contributed by atoms with van der Waals surface area (Å²) >= 11 is 0. The molecule has 0 atom stereocenters. The van der Waals surface area contributed by atoms with Gasteiger partial charge in [-0.25, -0.2) is 9.97 Å². The van der Waals surface area contributed by atoms with Crippen molar-refractivity contribution in [1.29, 1.82) is 0 Å². The van der Waals surface area contributed by atoms with E-state index in [1.807, 2.05) is 31.2 Å². The molecule has 0 radical (unpaired) electrons. The van der Waals surface area contributed by atoms with E-state index in [0.717, 1.165) is 23.1 Å². The van der Waals surface area contributed by atoms with Crippen molar-refractivity contribution in [2.45, 2.75) is 32.4 Å². The van der Waals surface area contributed by atoms with Crippen molar-refractivity contribution in [1.82, 2.24) is 24.7 Å². The Balaban J connectivity index is 1.46. The Kier molecular flexibility index (Phi) is 4.96. The Morgan fingerprint density at radius 2 is 1.89 bits per heavy atom. The van der Waals surface area contributed by atoms with Crippen LogP contribution in [0.3, 0.4) is 0 Å². The van der Waals surface area contributed by atoms with Crippen LogP contribution in [0.2, 0.25) is 0 Å². The van der Waals surface area contributed by atoms with Crippen molar-refractivity contribution in [3.63, 3.8) is 0 Å². The SMILES string of the molecule is COc1ccc(Nc2cc(NCc3nnc(C)n3C3CC3)ncn2)c(OC)c1. The summed E-state index contributed by atoms with van der Waals surface area (Å²) in [5, 5.41) is 15.0. The van der Waals surface area contributed by atoms with Gasteiger partial charge in [-0.2, -0.15) is 0 Å². The first-order chi connectivity index (χ1) is 13.7. The second kappa shape index (κ2) is 7.71. The van der Waals surface area contributed by atoms with E-state index in [-0.39, 0.29) is 0 Å². The topological polar surface area (TPSA) is 99.0 Å². The summed E-state index contributed by atoms with van der Waals surface area (Å²) in [6, 6.07) is 7.94. The molecule has 0 aliphatic heterocycles. The van der Waals surface area contributed by atoms with Gasteiger partial charge in [0.25, 0.3) is 0 Å². The van der Waals surface area contributed by atoms with Crippen LogP contribution in [0.4, 0.5) is 17.3 Å². The molecule has 9 nitrogen and oxygen atoms in total. The van der Waals surface area contributed by atoms with E-state index in [1.165, 1.54) is 19.2 Å². The largest absolute Gasteiger partial charge is 0.497 e. The van der Waals surface area contributed by atoms with Crippen LogP contribution < -0.4 is 20.1 Å². The summed E-state index contributed by atoms with van der Waals surface area (Å²) in [4.78, 5) is 8.58. The molecular formula is C19H23N7O2. The van der Waals surface area contributed by atoms with E-state index in [1.54, 1.807) is 14.2 Å². The summed E-state index contributed by atoms with van der Waals surface area (Å²) in [5.41, 5.74) is 0.789. The number of benzene rings is 1. The van der Waals surface area contributed by atoms with E-state index in [4.69, 9.17) is 9.47 Å². The first-order valence-corrected chi connectivity index (χ1v) is 9.13. The van der Waals surface area contributed by atoms with E-state index < -0.39 is 0 Å². The monoisotopic (exact) mass is 381 g/mol. The molecule has 9 heteroatoms. The highest BCUT2D eigenvalue weighted by Crippen LogP contribution is 2.36. The number of methoxy groups -OCH3 is 2. The number of hydrogen-bond donors (Lipinski definition) is 2. The molecule has 146 valence electrons. The lowest BCUT2D eigenvalue weighted by atomic mass is 10.2. The van der Waals surface area contributed by atoms with Crippen LogP contribution in [-0.4, -0.2) is 39.0 Å². The molecule has 1 aliphatic rings. The first kappa shape index (κ1) is 18.0. The molecule has 4 rings (SSSR count). The predicted molar refractivity (Wildman–Crippen MR) is 105 cm³/mol. The number of ether oxygens (including phenoxy) is 2. The lowest BCUT2D eigenvalue weighted by Crippen LogP contribution is -2.10. The molecule has 2 N–H and O–H groups in total. The molecular weight excluding hydrogens is 358 g/mol. The van der Waals surface area contributed by atoms with Gasteiger partial charge in [-0.1, -0.05) is 0 Å². The van der Waals surface area contributed by atoms with E-state index in [9.17, 15) is 0 Å². The van der Waals surface area contributed by atoms with Crippen molar-refractivity contribution in [3.8, 4) is 11.5 Å². The highest BCUT2D eigenvalue weighted by atomic mass is 16.5. The summed E-state index contributed by atoms with van der Waals surface area (Å²) in [6.07, 6.45) is 3.89. The maximum atomic E-state index is 5.42. The van der Waals surface area contributed by atoms with Gasteiger partial charge in [0.05, 0.1) is 26.5 Å². The van der Waals surface area contributed by atoms with Crippen LogP contribution in [0, 0.1) is 6.92 Å². The second-order valence-corrected chi connectivity index (χ2v) is 6.60. The third-order valence-corrected chi connectivity index (χ3v) is 4.62. The highest BCUT2D eigenvalue weighted by Gasteiger charge is 2.27. The quantitative estimate of drug-likeness (QED) is 0.614. The fraction of sp³-hybridized carbons (Fsp3) is 0.368. The molecule has 1 saturated carbocycles. The smallest absolute Gasteiger partial charge is 0.152 e. The number of nitrogens with zero attached hydrogens (tertiary/aromatic N) is 5. The van der Waals surface area contributed by atoms with Crippen LogP contribution in [0.1, 0.15) is 30.5 Å². The molecule has 1 aliphatic carbocycles. The molecule has 28 heavy (non-hydrogen) atoms. The molecule has 1 aromatic carbocycles. The van der Waals surface area contributed by atoms with Crippen molar-refractivity contribution in [3.05, 3.63) is 42.2 Å². The molecule has 3 aromatic rings. The minimum absolute atomic E-state index is 0.539. The first-order valence-electron chi connectivity index (χ1n) is 9.13. The van der Waals surface area contributed by atoms with Crippen molar-refractivity contribution < 1.29 is 9.47 Å². The molecule has 0 unspecified atom stereocenters. The predicted octanol–water partition coefficient (Wildman–Crippen LogP) is 3.08. The number of hydrogen-bond acceptors (Lipinski definition) is 8. The molecule has 0 bridgehead atoms. The van der Waals surface area contributed by atoms with Crippen molar-refractivity contribution >= 4 is 17.3 Å². The summed E-state index contributed by atoms with van der Waals surface area (Å²) in [5.74, 6) is 4.62. The molecule has 2 aromatic heterocycles. The minimum Gasteiger partial charge on any atom is -0.497 e. The number of nitrogens with one attached hydrogen (secondary N) is 2. The summed E-state index contributed by atoms with van der Waals surface area (Å²) in [7, 11) is 3.24. The van der Waals surface area contributed by atoms with Crippen LogP contribution in [-0.2, 0) is 6.54 Å². The Morgan fingerprint density at radius 1 is 1.07 bits per heavy atom. The van der Waals surface area contributed by atoms with E-state index >= 15 is 0 Å². The summed E-state index contributed by atoms with van der Waals surface area (Å²) in [6.45, 7) is 2.55. The van der Waals surface area contributed by atoms with Crippen LogP contribution in [0.5, 0.6) is 11.5 Å². The zero-order valence-electron chi connectivity index (χ0n) is 16.1. The maximum absolute atomic E-state index is 5.42. The molecule has 0 spiro atoms. The maximum Gasteiger partial charge on any atom is 0.152 e. The fourth-order valence-electron chi connectivity index (χ4n) is 3.07. The Bertz CT molecular complexity index is 969. The van der Waals surface area contributed by atoms with Gasteiger partial charge >= 0.3 is 0 Å². The standard InChI is InChI=1S/C19H23N7O2/c1-12-24-25-19(26(12)13-4-5-13)10-20-17-9-18(22-11-21-17)23-15-7-6-14(27-2)8-16(15)28-3/h6-9,11,13H,4-5,10H2,1-3H3,(H2,20,21,22,23). The van der Waals surface area contributed by atoms with Gasteiger partial charge in [0.15, 0.2) is 5.82 Å². The zero-order chi connectivity index (χ0) is 19.5. The van der Waals surface area contributed by atoms with E-state index in [2.05, 4.69) is 35.4 Å². The lowest BCUT2D eigenvalue weighted by Gasteiger charge is -2.13. The van der Waals surface area contributed by atoms with Crippen LogP contribution in [0.25, 0.3) is 0 Å². The Morgan fingerprint density at radius 3 is 2.64 bits per heavy atom. The number of anilines is 3. The molecule has 0 saturated heterocycles. The summed E-state index contributed by atoms with van der Waals surface area (Å²) < 4.78 is 12.9. The Hall–Kier alpha value is -3.36. The zero-order valence-corrected chi connectivity index (χ0v) is 16.1. The number of rotatable bonds is 8.